The number of hydrogen-bond acceptors (Lipinski definition) is 3. The van der Waals surface area contributed by atoms with Crippen LogP contribution < -0.4 is 4.90 Å². The Morgan fingerprint density at radius 2 is 1.19 bits per heavy atom. The van der Waals surface area contributed by atoms with Gasteiger partial charge in [-0.1, -0.05) is 158 Å². The van der Waals surface area contributed by atoms with Crippen molar-refractivity contribution in [2.45, 2.75) is 17.9 Å². The first-order chi connectivity index (χ1) is 28.8. The fourth-order valence-corrected chi connectivity index (χ4v) is 12.0. The number of benzene rings is 8. The average molecular weight is 758 g/mol. The molecule has 2 unspecified atom stereocenters. The van der Waals surface area contributed by atoms with E-state index in [2.05, 4.69) is 199 Å². The molecular formula is C55H35NOS. The third kappa shape index (κ3) is 4.26. The second kappa shape index (κ2) is 12.0. The lowest BCUT2D eigenvalue weighted by molar-refractivity contribution is 0.658. The molecule has 2 aromatic heterocycles. The van der Waals surface area contributed by atoms with E-state index in [1.54, 1.807) is 0 Å². The number of nitrogens with zero attached hydrogens (tertiary/aromatic N) is 1. The molecule has 0 saturated heterocycles. The Labute approximate surface area is 340 Å². The molecule has 1 spiro atoms. The minimum atomic E-state index is -0.441. The highest BCUT2D eigenvalue weighted by Gasteiger charge is 2.54. The van der Waals surface area contributed by atoms with Crippen LogP contribution >= 0.6 is 11.3 Å². The van der Waals surface area contributed by atoms with Crippen LogP contribution in [0.5, 0.6) is 0 Å². The summed E-state index contributed by atoms with van der Waals surface area (Å²) in [5.41, 5.74) is 17.0. The molecule has 2 heterocycles. The molecule has 3 aliphatic rings. The van der Waals surface area contributed by atoms with Gasteiger partial charge in [-0.05, 0) is 92.9 Å². The number of furan rings is 1. The van der Waals surface area contributed by atoms with Gasteiger partial charge in [-0.25, -0.2) is 0 Å². The molecule has 8 aromatic carbocycles. The highest BCUT2D eigenvalue weighted by molar-refractivity contribution is 7.26. The summed E-state index contributed by atoms with van der Waals surface area (Å²) >= 11 is 1.89. The Balaban J connectivity index is 0.969. The maximum Gasteiger partial charge on any atom is 0.143 e. The van der Waals surface area contributed by atoms with Crippen LogP contribution in [0, 0.1) is 0 Å². The summed E-state index contributed by atoms with van der Waals surface area (Å²) in [6, 6.07) is 67.1. The molecule has 0 N–H and O–H groups in total. The van der Waals surface area contributed by atoms with E-state index in [0.29, 0.717) is 0 Å². The van der Waals surface area contributed by atoms with E-state index in [9.17, 15) is 0 Å². The molecule has 0 saturated carbocycles. The zero-order valence-corrected chi connectivity index (χ0v) is 32.3. The van der Waals surface area contributed by atoms with Crippen molar-refractivity contribution in [2.24, 2.45) is 0 Å². The van der Waals surface area contributed by atoms with Gasteiger partial charge in [-0.15, -0.1) is 11.3 Å². The van der Waals surface area contributed by atoms with Crippen molar-refractivity contribution in [1.82, 2.24) is 0 Å². The van der Waals surface area contributed by atoms with Crippen molar-refractivity contribution in [3.05, 3.63) is 222 Å². The Hall–Kier alpha value is -6.94. The zero-order chi connectivity index (χ0) is 38.0. The van der Waals surface area contributed by atoms with Gasteiger partial charge in [0.2, 0.25) is 0 Å². The van der Waals surface area contributed by atoms with E-state index in [4.69, 9.17) is 4.42 Å². The quantitative estimate of drug-likeness (QED) is 0.178. The lowest BCUT2D eigenvalue weighted by Crippen LogP contribution is -2.35. The van der Waals surface area contributed by atoms with Crippen molar-refractivity contribution in [3.63, 3.8) is 0 Å². The second-order valence-electron chi connectivity index (χ2n) is 15.9. The third-order valence-electron chi connectivity index (χ3n) is 13.1. The number of anilines is 2. The topological polar surface area (TPSA) is 16.4 Å². The Morgan fingerprint density at radius 3 is 2.05 bits per heavy atom. The van der Waals surface area contributed by atoms with Gasteiger partial charge in [0.15, 0.2) is 0 Å². The van der Waals surface area contributed by atoms with Crippen molar-refractivity contribution in [2.75, 3.05) is 4.90 Å². The lowest BCUT2D eigenvalue weighted by atomic mass is 9.67. The molecule has 0 fully saturated rings. The van der Waals surface area contributed by atoms with Gasteiger partial charge < -0.3 is 9.32 Å². The van der Waals surface area contributed by atoms with E-state index in [0.717, 1.165) is 23.0 Å². The van der Waals surface area contributed by atoms with Crippen molar-refractivity contribution < 1.29 is 4.42 Å². The van der Waals surface area contributed by atoms with Gasteiger partial charge in [0.1, 0.15) is 11.2 Å². The maximum atomic E-state index is 6.80. The maximum absolute atomic E-state index is 6.80. The smallest absolute Gasteiger partial charge is 0.143 e. The van der Waals surface area contributed by atoms with Crippen LogP contribution in [0.4, 0.5) is 11.4 Å². The summed E-state index contributed by atoms with van der Waals surface area (Å²) in [4.78, 5) is 2.55. The van der Waals surface area contributed by atoms with Gasteiger partial charge in [-0.2, -0.15) is 0 Å². The van der Waals surface area contributed by atoms with Crippen molar-refractivity contribution in [3.8, 4) is 22.3 Å². The first kappa shape index (κ1) is 32.2. The summed E-state index contributed by atoms with van der Waals surface area (Å²) in [7, 11) is 0. The first-order valence-electron chi connectivity index (χ1n) is 20.2. The van der Waals surface area contributed by atoms with Gasteiger partial charge in [0.25, 0.3) is 0 Å². The van der Waals surface area contributed by atoms with Gasteiger partial charge in [0, 0.05) is 47.9 Å². The Bertz CT molecular complexity index is 3380. The van der Waals surface area contributed by atoms with E-state index in [-0.39, 0.29) is 6.04 Å². The first-order valence-corrected chi connectivity index (χ1v) is 21.0. The van der Waals surface area contributed by atoms with Gasteiger partial charge in [-0.3, -0.25) is 0 Å². The predicted molar refractivity (Wildman–Crippen MR) is 243 cm³/mol. The standard InChI is InChI=1S/C55H35NOS/c1-2-13-35(14-3-1)56(36-27-25-34(26-28-36)38-19-12-20-44-42-17-7-11-24-51(42)58-54(38)44)37-29-30-40-39-15-4-8-21-46(39)55(49(40)33-37)47-22-9-5-18-45(47)52-48(55)32-31-43-41-16-6-10-23-50(41)57-53(43)52/h1-32,37H,33H2. The van der Waals surface area contributed by atoms with Gasteiger partial charge in [0.05, 0.1) is 11.5 Å². The minimum Gasteiger partial charge on any atom is -0.455 e. The summed E-state index contributed by atoms with van der Waals surface area (Å²) in [5.74, 6) is 0. The van der Waals surface area contributed by atoms with Crippen LogP contribution in [-0.4, -0.2) is 6.04 Å². The number of fused-ring (bicyclic) bond motifs is 16. The fourth-order valence-electron chi connectivity index (χ4n) is 10.7. The summed E-state index contributed by atoms with van der Waals surface area (Å²) in [6.45, 7) is 0. The molecule has 3 heteroatoms. The molecule has 272 valence electrons. The average Bonchev–Trinajstić information content (AvgIpc) is 4.02. The molecule has 13 rings (SSSR count). The van der Waals surface area contributed by atoms with Gasteiger partial charge >= 0.3 is 0 Å². The van der Waals surface area contributed by atoms with Crippen molar-refractivity contribution >= 4 is 70.4 Å². The molecule has 0 amide bonds. The van der Waals surface area contributed by atoms with Crippen LogP contribution in [0.1, 0.15) is 28.7 Å². The second-order valence-corrected chi connectivity index (χ2v) is 16.9. The molecule has 3 aliphatic carbocycles. The number of thiophene rings is 1. The number of hydrogen-bond donors (Lipinski definition) is 0. The molecule has 0 bridgehead atoms. The molecule has 10 aromatic rings. The molecule has 58 heavy (non-hydrogen) atoms. The molecule has 0 aliphatic heterocycles. The van der Waals surface area contributed by atoms with Crippen LogP contribution in [0.25, 0.3) is 69.9 Å². The predicted octanol–water partition coefficient (Wildman–Crippen LogP) is 14.9. The van der Waals surface area contributed by atoms with E-state index in [1.807, 2.05) is 11.3 Å². The summed E-state index contributed by atoms with van der Waals surface area (Å²) in [6.07, 6.45) is 5.73. The van der Waals surface area contributed by atoms with Crippen LogP contribution in [0.15, 0.2) is 204 Å². The molecule has 2 atom stereocenters. The highest BCUT2D eigenvalue weighted by Crippen LogP contribution is 2.65. The SMILES string of the molecule is C1=CC(N(c2ccccc2)c2ccc(-c3cccc4c3sc3ccccc34)cc2)CC2=C1c1ccccc1C21c2ccccc2-c2c1ccc1c2oc2ccccc21. The van der Waals surface area contributed by atoms with E-state index < -0.39 is 5.41 Å². The van der Waals surface area contributed by atoms with Crippen molar-refractivity contribution in [1.29, 1.82) is 0 Å². The summed E-state index contributed by atoms with van der Waals surface area (Å²) in [5, 5.41) is 4.99. The molecule has 0 radical (unpaired) electrons. The molecule has 2 nitrogen and oxygen atoms in total. The van der Waals surface area contributed by atoms with E-state index >= 15 is 0 Å². The number of rotatable bonds is 4. The minimum absolute atomic E-state index is 0.0790. The van der Waals surface area contributed by atoms with Crippen LogP contribution in [0.2, 0.25) is 0 Å². The Morgan fingerprint density at radius 1 is 0.517 bits per heavy atom. The van der Waals surface area contributed by atoms with Crippen LogP contribution in [-0.2, 0) is 5.41 Å². The third-order valence-corrected chi connectivity index (χ3v) is 14.3. The van der Waals surface area contributed by atoms with Crippen LogP contribution in [0.3, 0.4) is 0 Å². The molecular weight excluding hydrogens is 723 g/mol. The number of para-hydroxylation sites is 2. The highest BCUT2D eigenvalue weighted by atomic mass is 32.1. The largest absolute Gasteiger partial charge is 0.455 e. The zero-order valence-electron chi connectivity index (χ0n) is 31.5. The Kier molecular flexibility index (Phi) is 6.68. The normalized spacial score (nSPS) is 17.7. The fraction of sp³-hybridized carbons (Fsp3) is 0.0545. The van der Waals surface area contributed by atoms with E-state index in [1.165, 1.54) is 92.6 Å². The number of allylic oxidation sites excluding steroid dienone is 2. The lowest BCUT2D eigenvalue weighted by Gasteiger charge is -2.39. The summed E-state index contributed by atoms with van der Waals surface area (Å²) < 4.78 is 9.47. The monoisotopic (exact) mass is 757 g/mol.